The maximum atomic E-state index is 12.9. The molecule has 0 unspecified atom stereocenters. The minimum Gasteiger partial charge on any atom is -0.489 e. The molecule has 2 aliphatic heterocycles. The van der Waals surface area contributed by atoms with E-state index in [1.807, 2.05) is 89.8 Å². The monoisotopic (exact) mass is 453 g/mol. The summed E-state index contributed by atoms with van der Waals surface area (Å²) in [5.41, 5.74) is 2.87. The quantitative estimate of drug-likeness (QED) is 0.574. The highest BCUT2D eigenvalue weighted by Crippen LogP contribution is 2.37. The topological polar surface area (TPSA) is 61.9 Å². The number of nitrogens with one attached hydrogen (secondary N) is 1. The van der Waals surface area contributed by atoms with E-state index in [0.717, 1.165) is 22.6 Å². The average Bonchev–Trinajstić information content (AvgIpc) is 3.21. The lowest BCUT2D eigenvalue weighted by Crippen LogP contribution is -2.56. The first-order chi connectivity index (χ1) is 16.7. The summed E-state index contributed by atoms with van der Waals surface area (Å²) in [6.45, 7) is 2.20. The van der Waals surface area contributed by atoms with Crippen molar-refractivity contribution in [3.05, 3.63) is 96.1 Å². The Bertz CT molecular complexity index is 1180. The van der Waals surface area contributed by atoms with Crippen LogP contribution in [0, 0.1) is 0 Å². The number of hydrogen-bond donors (Lipinski definition) is 1. The predicted molar refractivity (Wildman–Crippen MR) is 132 cm³/mol. The summed E-state index contributed by atoms with van der Waals surface area (Å²) in [6, 6.07) is 27.6. The fourth-order valence-electron chi connectivity index (χ4n) is 4.89. The number of piperidine rings is 1. The van der Waals surface area contributed by atoms with Gasteiger partial charge in [0.15, 0.2) is 5.94 Å². The number of hydrogen-bond acceptors (Lipinski definition) is 5. The first kappa shape index (κ1) is 21.8. The number of carbonyl (C=O) groups excluding carboxylic acids is 2. The Morgan fingerprint density at radius 3 is 2.21 bits per heavy atom. The van der Waals surface area contributed by atoms with Gasteiger partial charge in [-0.3, -0.25) is 4.79 Å². The van der Waals surface area contributed by atoms with Crippen molar-refractivity contribution in [2.75, 3.05) is 24.7 Å². The van der Waals surface area contributed by atoms with Gasteiger partial charge in [0.25, 0.3) is 0 Å². The molecular weight excluding hydrogens is 426 g/mol. The van der Waals surface area contributed by atoms with Crippen molar-refractivity contribution in [2.45, 2.75) is 25.0 Å². The molecule has 1 N–H and O–H groups in total. The summed E-state index contributed by atoms with van der Waals surface area (Å²) in [5, 5.41) is 3.02. The second kappa shape index (κ2) is 9.46. The Labute approximate surface area is 199 Å². The lowest BCUT2D eigenvalue weighted by atomic mass is 9.85. The summed E-state index contributed by atoms with van der Waals surface area (Å²) < 4.78 is 5.86. The van der Waals surface area contributed by atoms with Crippen molar-refractivity contribution in [3.8, 4) is 5.75 Å². The van der Waals surface area contributed by atoms with E-state index in [2.05, 4.69) is 16.2 Å². The largest absolute Gasteiger partial charge is 0.489 e. The lowest BCUT2D eigenvalue weighted by molar-refractivity contribution is -0.124. The molecular formula is C28H27N3O3. The molecule has 0 atom stereocenters. The van der Waals surface area contributed by atoms with Gasteiger partial charge >= 0.3 is 0 Å². The number of rotatable bonds is 6. The summed E-state index contributed by atoms with van der Waals surface area (Å²) in [5.74, 6) is 2.95. The minimum absolute atomic E-state index is 0.0625. The normalized spacial score (nSPS) is 16.8. The van der Waals surface area contributed by atoms with Crippen LogP contribution in [0.2, 0.25) is 0 Å². The molecule has 34 heavy (non-hydrogen) atoms. The molecule has 0 radical (unpaired) electrons. The van der Waals surface area contributed by atoms with Crippen LogP contribution in [0.25, 0.3) is 5.70 Å². The number of ether oxygens (including phenoxy) is 1. The number of para-hydroxylation sites is 1. The van der Waals surface area contributed by atoms with E-state index in [9.17, 15) is 9.59 Å². The van der Waals surface area contributed by atoms with Crippen LogP contribution in [0.1, 0.15) is 24.0 Å². The molecule has 3 aromatic carbocycles. The van der Waals surface area contributed by atoms with E-state index < -0.39 is 5.54 Å². The first-order valence-electron chi connectivity index (χ1n) is 11.6. The molecule has 2 fully saturated rings. The van der Waals surface area contributed by atoms with Crippen molar-refractivity contribution in [1.29, 1.82) is 0 Å². The van der Waals surface area contributed by atoms with Crippen LogP contribution < -0.4 is 15.0 Å². The van der Waals surface area contributed by atoms with Gasteiger partial charge in [-0.25, -0.2) is 4.79 Å². The Hall–Kier alpha value is -4.02. The average molecular weight is 454 g/mol. The summed E-state index contributed by atoms with van der Waals surface area (Å²) in [4.78, 5) is 29.0. The number of amides is 1. The Morgan fingerprint density at radius 1 is 0.912 bits per heavy atom. The second-order valence-electron chi connectivity index (χ2n) is 8.70. The molecule has 3 aromatic rings. The molecule has 2 heterocycles. The van der Waals surface area contributed by atoms with E-state index in [1.165, 1.54) is 0 Å². The van der Waals surface area contributed by atoms with Gasteiger partial charge in [0, 0.05) is 24.3 Å². The van der Waals surface area contributed by atoms with Crippen LogP contribution in [0.5, 0.6) is 5.75 Å². The van der Waals surface area contributed by atoms with E-state index in [-0.39, 0.29) is 5.91 Å². The molecule has 0 aliphatic carbocycles. The number of likely N-dealkylation sites (tertiary alicyclic amines) is 1. The molecule has 1 amide bonds. The second-order valence-corrected chi connectivity index (χ2v) is 8.70. The molecule has 6 heteroatoms. The van der Waals surface area contributed by atoms with Gasteiger partial charge in [-0.15, -0.1) is 0 Å². The predicted octanol–water partition coefficient (Wildman–Crippen LogP) is 3.87. The highest BCUT2D eigenvalue weighted by molar-refractivity contribution is 5.94. The van der Waals surface area contributed by atoms with Crippen molar-refractivity contribution in [3.63, 3.8) is 0 Å². The fraction of sp³-hybridized carbons (Fsp3) is 0.250. The van der Waals surface area contributed by atoms with Crippen LogP contribution in [0.15, 0.2) is 84.9 Å². The maximum absolute atomic E-state index is 12.9. The molecule has 0 aromatic heterocycles. The number of anilines is 1. The van der Waals surface area contributed by atoms with E-state index in [0.29, 0.717) is 44.9 Å². The van der Waals surface area contributed by atoms with Gasteiger partial charge in [-0.05, 0) is 54.8 Å². The molecule has 2 aliphatic rings. The zero-order valence-electron chi connectivity index (χ0n) is 18.9. The molecule has 0 bridgehead atoms. The number of benzene rings is 3. The van der Waals surface area contributed by atoms with Gasteiger partial charge in [-0.2, -0.15) is 0 Å². The van der Waals surface area contributed by atoms with Gasteiger partial charge in [0.2, 0.25) is 5.91 Å². The van der Waals surface area contributed by atoms with Gasteiger partial charge in [-0.1, -0.05) is 48.5 Å². The molecule has 0 saturated carbocycles. The minimum atomic E-state index is -0.582. The Balaban J connectivity index is 1.26. The molecule has 2 saturated heterocycles. The summed E-state index contributed by atoms with van der Waals surface area (Å²) in [7, 11) is 0. The standard InChI is InChI=1S/C28H27N3O3/c32-19-26(23-11-13-25(14-12-23)34-20-22-7-3-1-4-8-22)30-17-15-28(16-18-30)27(33)29-21-31(28)24-9-5-2-6-10-24/h1-14H,15-18,20-21H2,(H,29,33). The zero-order chi connectivity index (χ0) is 23.4. The molecule has 6 nitrogen and oxygen atoms in total. The molecule has 172 valence electrons. The third-order valence-electron chi connectivity index (χ3n) is 6.78. The lowest BCUT2D eigenvalue weighted by Gasteiger charge is -2.44. The third-order valence-corrected chi connectivity index (χ3v) is 6.78. The van der Waals surface area contributed by atoms with Gasteiger partial charge in [0.1, 0.15) is 23.6 Å². The van der Waals surface area contributed by atoms with Crippen LogP contribution in [-0.2, 0) is 16.2 Å². The van der Waals surface area contributed by atoms with Gasteiger partial charge in [0.05, 0.1) is 6.67 Å². The van der Waals surface area contributed by atoms with E-state index in [4.69, 9.17) is 4.74 Å². The fourth-order valence-corrected chi connectivity index (χ4v) is 4.89. The third kappa shape index (κ3) is 4.16. The van der Waals surface area contributed by atoms with Crippen LogP contribution in [-0.4, -0.2) is 42.0 Å². The van der Waals surface area contributed by atoms with Crippen LogP contribution in [0.4, 0.5) is 5.69 Å². The number of nitrogens with zero attached hydrogens (tertiary/aromatic N) is 2. The summed E-state index contributed by atoms with van der Waals surface area (Å²) in [6.07, 6.45) is 1.27. The first-order valence-corrected chi connectivity index (χ1v) is 11.6. The molecule has 5 rings (SSSR count). The van der Waals surface area contributed by atoms with Crippen molar-refractivity contribution in [2.24, 2.45) is 0 Å². The smallest absolute Gasteiger partial charge is 0.247 e. The summed E-state index contributed by atoms with van der Waals surface area (Å²) >= 11 is 0. The highest BCUT2D eigenvalue weighted by atomic mass is 16.5. The van der Waals surface area contributed by atoms with Crippen LogP contribution >= 0.6 is 0 Å². The molecule has 1 spiro atoms. The SMILES string of the molecule is O=C=C(c1ccc(OCc2ccccc2)cc1)N1CCC2(CC1)C(=O)NCN2c1ccccc1. The number of carbonyl (C=O) groups is 1. The van der Waals surface area contributed by atoms with Gasteiger partial charge < -0.3 is 19.9 Å². The Morgan fingerprint density at radius 2 is 1.56 bits per heavy atom. The van der Waals surface area contributed by atoms with E-state index in [1.54, 1.807) is 0 Å². The van der Waals surface area contributed by atoms with Crippen molar-refractivity contribution < 1.29 is 14.3 Å². The Kier molecular flexibility index (Phi) is 6.07. The zero-order valence-corrected chi connectivity index (χ0v) is 18.9. The van der Waals surface area contributed by atoms with Crippen LogP contribution in [0.3, 0.4) is 0 Å². The maximum Gasteiger partial charge on any atom is 0.247 e. The van der Waals surface area contributed by atoms with E-state index >= 15 is 0 Å². The highest BCUT2D eigenvalue weighted by Gasteiger charge is 2.50. The van der Waals surface area contributed by atoms with Crippen molar-refractivity contribution in [1.82, 2.24) is 10.2 Å². The van der Waals surface area contributed by atoms with Crippen molar-refractivity contribution >= 4 is 23.2 Å².